The summed E-state index contributed by atoms with van der Waals surface area (Å²) in [6.45, 7) is 8.99. The van der Waals surface area contributed by atoms with Crippen LogP contribution >= 0.6 is 0 Å². The number of carbonyl (C=O) groups is 2. The molecule has 1 unspecified atom stereocenters. The minimum Gasteiger partial charge on any atom is -0.497 e. The van der Waals surface area contributed by atoms with Crippen LogP contribution in [0.4, 0.5) is 0 Å². The highest BCUT2D eigenvalue weighted by Gasteiger charge is 2.58. The van der Waals surface area contributed by atoms with Gasteiger partial charge in [-0.15, -0.1) is 0 Å². The third kappa shape index (κ3) is 3.35. The average Bonchev–Trinajstić information content (AvgIpc) is 2.66. The quantitative estimate of drug-likeness (QED) is 0.516. The smallest absolute Gasteiger partial charge is 0.167 e. The Morgan fingerprint density at radius 3 is 2.21 bits per heavy atom. The molecule has 0 saturated heterocycles. The maximum absolute atomic E-state index is 13.9. The summed E-state index contributed by atoms with van der Waals surface area (Å²) in [7, 11) is 3.19. The zero-order valence-electron chi connectivity index (χ0n) is 18.1. The molecule has 2 saturated carbocycles. The Morgan fingerprint density at radius 2 is 1.68 bits per heavy atom. The molecular weight excluding hydrogens is 352 g/mol. The van der Waals surface area contributed by atoms with Gasteiger partial charge in [0.1, 0.15) is 17.8 Å². The number of benzene rings is 1. The molecule has 2 aliphatic carbocycles. The summed E-state index contributed by atoms with van der Waals surface area (Å²) in [4.78, 5) is 25.8. The number of methoxy groups -OCH3 is 2. The minimum absolute atomic E-state index is 0.0253. The SMILES string of the molecule is COc1cc(OC)cc(C(=O)[C@H]2[C@H](C)C(C=O)C[C@H]3C(C)(C)CCC[C@]23C)c1. The van der Waals surface area contributed by atoms with Crippen molar-refractivity contribution >= 4 is 12.1 Å². The van der Waals surface area contributed by atoms with Crippen molar-refractivity contribution in [1.29, 1.82) is 0 Å². The molecule has 2 aliphatic rings. The van der Waals surface area contributed by atoms with Crippen LogP contribution < -0.4 is 9.47 Å². The highest BCUT2D eigenvalue weighted by Crippen LogP contribution is 2.62. The second-order valence-electron chi connectivity index (χ2n) is 9.74. The third-order valence-corrected chi connectivity index (χ3v) is 7.79. The van der Waals surface area contributed by atoms with E-state index in [2.05, 4.69) is 27.7 Å². The first-order valence-corrected chi connectivity index (χ1v) is 10.4. The summed E-state index contributed by atoms with van der Waals surface area (Å²) < 4.78 is 10.8. The summed E-state index contributed by atoms with van der Waals surface area (Å²) in [6.07, 6.45) is 5.29. The first-order valence-electron chi connectivity index (χ1n) is 10.4. The van der Waals surface area contributed by atoms with Crippen LogP contribution in [-0.2, 0) is 4.79 Å². The van der Waals surface area contributed by atoms with E-state index in [-0.39, 0.29) is 34.4 Å². The summed E-state index contributed by atoms with van der Waals surface area (Å²) in [6, 6.07) is 5.38. The summed E-state index contributed by atoms with van der Waals surface area (Å²) in [5.74, 6) is 1.47. The van der Waals surface area contributed by atoms with Gasteiger partial charge in [0, 0.05) is 23.5 Å². The van der Waals surface area contributed by atoms with E-state index in [1.54, 1.807) is 32.4 Å². The van der Waals surface area contributed by atoms with Gasteiger partial charge in [0.25, 0.3) is 0 Å². The molecule has 5 atom stereocenters. The Bertz CT molecular complexity index is 731. The molecule has 0 aliphatic heterocycles. The van der Waals surface area contributed by atoms with Crippen molar-refractivity contribution < 1.29 is 19.1 Å². The van der Waals surface area contributed by atoms with Gasteiger partial charge in [-0.25, -0.2) is 0 Å². The number of hydrogen-bond acceptors (Lipinski definition) is 4. The van der Waals surface area contributed by atoms with E-state index in [1.807, 2.05) is 0 Å². The number of aldehydes is 1. The largest absolute Gasteiger partial charge is 0.497 e. The number of ether oxygens (including phenoxy) is 2. The Hall–Kier alpha value is -1.84. The molecule has 0 spiro atoms. The second-order valence-corrected chi connectivity index (χ2v) is 9.74. The van der Waals surface area contributed by atoms with E-state index >= 15 is 0 Å². The Morgan fingerprint density at radius 1 is 1.07 bits per heavy atom. The molecule has 3 rings (SSSR count). The van der Waals surface area contributed by atoms with Crippen LogP contribution in [0, 0.1) is 34.5 Å². The van der Waals surface area contributed by atoms with Gasteiger partial charge < -0.3 is 14.3 Å². The number of hydrogen-bond donors (Lipinski definition) is 0. The molecule has 28 heavy (non-hydrogen) atoms. The van der Waals surface area contributed by atoms with Crippen molar-refractivity contribution in [3.8, 4) is 11.5 Å². The molecule has 1 aromatic carbocycles. The third-order valence-electron chi connectivity index (χ3n) is 7.79. The van der Waals surface area contributed by atoms with Crippen molar-refractivity contribution in [2.24, 2.45) is 34.5 Å². The van der Waals surface area contributed by atoms with Gasteiger partial charge in [-0.2, -0.15) is 0 Å². The predicted octanol–water partition coefficient (Wildman–Crippen LogP) is 5.19. The van der Waals surface area contributed by atoms with Gasteiger partial charge in [0.05, 0.1) is 14.2 Å². The lowest BCUT2D eigenvalue weighted by Gasteiger charge is -2.59. The topological polar surface area (TPSA) is 52.6 Å². The lowest BCUT2D eigenvalue weighted by Crippen LogP contribution is -2.56. The van der Waals surface area contributed by atoms with Gasteiger partial charge in [-0.1, -0.05) is 34.1 Å². The molecule has 0 heterocycles. The molecule has 4 heteroatoms. The molecule has 2 fully saturated rings. The first-order chi connectivity index (χ1) is 13.2. The van der Waals surface area contributed by atoms with Crippen LogP contribution in [0.5, 0.6) is 11.5 Å². The Kier molecular flexibility index (Phi) is 5.62. The van der Waals surface area contributed by atoms with E-state index in [1.165, 1.54) is 0 Å². The van der Waals surface area contributed by atoms with Gasteiger partial charge in [-0.05, 0) is 54.1 Å². The maximum Gasteiger partial charge on any atom is 0.167 e. The highest BCUT2D eigenvalue weighted by molar-refractivity contribution is 5.99. The lowest BCUT2D eigenvalue weighted by molar-refractivity contribution is -0.128. The standard InChI is InChI=1S/C24H34O4/c1-15-17(14-25)12-20-23(2,3)8-7-9-24(20,4)21(15)22(26)16-10-18(27-5)13-19(11-16)28-6/h10-11,13-15,17,20-21H,7-9,12H2,1-6H3/t15-,17?,20+,21-,24+/m1/s1. The van der Waals surface area contributed by atoms with Crippen LogP contribution in [0.3, 0.4) is 0 Å². The van der Waals surface area contributed by atoms with E-state index in [0.717, 1.165) is 32.0 Å². The normalized spacial score (nSPS) is 34.2. The molecular formula is C24H34O4. The monoisotopic (exact) mass is 386 g/mol. The van der Waals surface area contributed by atoms with Crippen LogP contribution in [0.25, 0.3) is 0 Å². The predicted molar refractivity (Wildman–Crippen MR) is 110 cm³/mol. The van der Waals surface area contributed by atoms with Crippen molar-refractivity contribution in [2.75, 3.05) is 14.2 Å². The van der Waals surface area contributed by atoms with E-state index in [9.17, 15) is 9.59 Å². The number of rotatable bonds is 5. The maximum atomic E-state index is 13.9. The fourth-order valence-electron chi connectivity index (χ4n) is 6.31. The number of ketones is 1. The van der Waals surface area contributed by atoms with Crippen LogP contribution in [0.1, 0.15) is 63.7 Å². The van der Waals surface area contributed by atoms with Crippen LogP contribution in [0.15, 0.2) is 18.2 Å². The fourth-order valence-corrected chi connectivity index (χ4v) is 6.31. The fraction of sp³-hybridized carbons (Fsp3) is 0.667. The average molecular weight is 387 g/mol. The summed E-state index contributed by atoms with van der Waals surface area (Å²) in [5.41, 5.74) is 0.649. The summed E-state index contributed by atoms with van der Waals surface area (Å²) in [5, 5.41) is 0. The molecule has 0 aromatic heterocycles. The molecule has 0 amide bonds. The van der Waals surface area contributed by atoms with Crippen LogP contribution in [-0.4, -0.2) is 26.3 Å². The van der Waals surface area contributed by atoms with Gasteiger partial charge in [0.2, 0.25) is 0 Å². The lowest BCUT2D eigenvalue weighted by atomic mass is 9.44. The van der Waals surface area contributed by atoms with Crippen molar-refractivity contribution in [3.63, 3.8) is 0 Å². The summed E-state index contributed by atoms with van der Waals surface area (Å²) >= 11 is 0. The van der Waals surface area contributed by atoms with Crippen molar-refractivity contribution in [2.45, 2.75) is 53.4 Å². The van der Waals surface area contributed by atoms with E-state index in [0.29, 0.717) is 23.0 Å². The van der Waals surface area contributed by atoms with Gasteiger partial charge >= 0.3 is 0 Å². The first kappa shape index (κ1) is 20.9. The van der Waals surface area contributed by atoms with Gasteiger partial charge in [0.15, 0.2) is 5.78 Å². The molecule has 0 N–H and O–H groups in total. The van der Waals surface area contributed by atoms with Crippen LogP contribution in [0.2, 0.25) is 0 Å². The van der Waals surface area contributed by atoms with Crippen molar-refractivity contribution in [1.82, 2.24) is 0 Å². The Labute approximate surface area is 169 Å². The molecule has 1 aromatic rings. The zero-order valence-corrected chi connectivity index (χ0v) is 18.1. The molecule has 0 bridgehead atoms. The van der Waals surface area contributed by atoms with Gasteiger partial charge in [-0.3, -0.25) is 4.79 Å². The highest BCUT2D eigenvalue weighted by atomic mass is 16.5. The molecule has 0 radical (unpaired) electrons. The number of carbonyl (C=O) groups excluding carboxylic acids is 2. The zero-order chi connectivity index (χ0) is 20.7. The minimum atomic E-state index is -0.183. The number of fused-ring (bicyclic) bond motifs is 1. The number of Topliss-reactive ketones (excluding diaryl/α,β-unsaturated/α-hetero) is 1. The van der Waals surface area contributed by atoms with E-state index in [4.69, 9.17) is 9.47 Å². The molecule has 4 nitrogen and oxygen atoms in total. The van der Waals surface area contributed by atoms with Crippen molar-refractivity contribution in [3.05, 3.63) is 23.8 Å². The Balaban J connectivity index is 2.09. The second kappa shape index (κ2) is 7.53. The molecule has 154 valence electrons. The van der Waals surface area contributed by atoms with E-state index < -0.39 is 0 Å².